The number of amides is 1. The molecule has 4 nitrogen and oxygen atoms in total. The number of aromatic nitrogens is 1. The molecule has 1 amide bonds. The summed E-state index contributed by atoms with van der Waals surface area (Å²) in [5.74, 6) is 0.536. The van der Waals surface area contributed by atoms with Gasteiger partial charge in [-0.1, -0.05) is 15.9 Å². The fraction of sp³-hybridized carbons (Fsp3) is 0.421. The smallest absolute Gasteiger partial charge is 0.255 e. The second kappa shape index (κ2) is 6.73. The van der Waals surface area contributed by atoms with Gasteiger partial charge in [0, 0.05) is 34.1 Å². The molecule has 1 aromatic heterocycles. The predicted molar refractivity (Wildman–Crippen MR) is 101 cm³/mol. The molecule has 5 heteroatoms. The van der Waals surface area contributed by atoms with E-state index < -0.39 is 0 Å². The first-order valence-electron chi connectivity index (χ1n) is 8.38. The molecular weight excluding hydrogens is 366 g/mol. The first kappa shape index (κ1) is 17.2. The van der Waals surface area contributed by atoms with E-state index in [2.05, 4.69) is 39.6 Å². The van der Waals surface area contributed by atoms with Gasteiger partial charge in [0.25, 0.3) is 5.91 Å². The molecule has 2 N–H and O–H groups in total. The number of nitrogens with zero attached hydrogens (tertiary/aromatic N) is 2. The van der Waals surface area contributed by atoms with Gasteiger partial charge in [0.05, 0.1) is 5.56 Å². The summed E-state index contributed by atoms with van der Waals surface area (Å²) < 4.78 is 3.18. The summed E-state index contributed by atoms with van der Waals surface area (Å²) in [6.07, 6.45) is 0.994. The Hall–Kier alpha value is -1.59. The van der Waals surface area contributed by atoms with E-state index in [1.807, 2.05) is 36.9 Å². The minimum Gasteiger partial charge on any atom is -0.336 e. The second-order valence-corrected chi connectivity index (χ2v) is 7.66. The monoisotopic (exact) mass is 389 g/mol. The highest BCUT2D eigenvalue weighted by atomic mass is 79.9. The van der Waals surface area contributed by atoms with Gasteiger partial charge in [-0.15, -0.1) is 0 Å². The lowest BCUT2D eigenvalue weighted by Gasteiger charge is -2.21. The van der Waals surface area contributed by atoms with Crippen LogP contribution in [0.25, 0.3) is 5.69 Å². The Kier molecular flexibility index (Phi) is 4.83. The third kappa shape index (κ3) is 3.03. The van der Waals surface area contributed by atoms with Crippen molar-refractivity contribution in [2.75, 3.05) is 13.1 Å². The van der Waals surface area contributed by atoms with E-state index in [4.69, 9.17) is 5.73 Å². The van der Waals surface area contributed by atoms with Crippen molar-refractivity contribution in [1.29, 1.82) is 0 Å². The van der Waals surface area contributed by atoms with Gasteiger partial charge < -0.3 is 15.2 Å². The highest BCUT2D eigenvalue weighted by Crippen LogP contribution is 2.28. The Morgan fingerprint density at radius 2 is 1.96 bits per heavy atom. The van der Waals surface area contributed by atoms with Gasteiger partial charge in [0.1, 0.15) is 0 Å². The largest absolute Gasteiger partial charge is 0.336 e. The molecule has 0 bridgehead atoms. The molecule has 24 heavy (non-hydrogen) atoms. The van der Waals surface area contributed by atoms with Crippen LogP contribution >= 0.6 is 15.9 Å². The van der Waals surface area contributed by atoms with Crippen LogP contribution in [0.3, 0.4) is 0 Å². The summed E-state index contributed by atoms with van der Waals surface area (Å²) in [5.41, 5.74) is 9.72. The van der Waals surface area contributed by atoms with Crippen molar-refractivity contribution in [1.82, 2.24) is 9.47 Å². The number of benzene rings is 1. The van der Waals surface area contributed by atoms with Gasteiger partial charge >= 0.3 is 0 Å². The van der Waals surface area contributed by atoms with E-state index in [9.17, 15) is 4.79 Å². The summed E-state index contributed by atoms with van der Waals surface area (Å²) in [7, 11) is 0. The Bertz CT molecular complexity index is 751. The number of aryl methyl sites for hydroxylation is 1. The van der Waals surface area contributed by atoms with Crippen molar-refractivity contribution in [2.45, 2.75) is 33.2 Å². The van der Waals surface area contributed by atoms with E-state index in [0.717, 1.165) is 40.1 Å². The number of hydrogen-bond donors (Lipinski definition) is 1. The highest BCUT2D eigenvalue weighted by Gasteiger charge is 2.33. The maximum atomic E-state index is 13.1. The van der Waals surface area contributed by atoms with Gasteiger partial charge in [-0.2, -0.15) is 0 Å². The Morgan fingerprint density at radius 1 is 1.29 bits per heavy atom. The first-order valence-corrected chi connectivity index (χ1v) is 9.17. The summed E-state index contributed by atoms with van der Waals surface area (Å²) in [4.78, 5) is 15.0. The van der Waals surface area contributed by atoms with Crippen LogP contribution in [0, 0.1) is 19.8 Å². The number of halogens is 1. The first-order chi connectivity index (χ1) is 11.4. The molecule has 2 unspecified atom stereocenters. The highest BCUT2D eigenvalue weighted by molar-refractivity contribution is 9.10. The third-order valence-corrected chi connectivity index (χ3v) is 5.53. The number of nitrogens with two attached hydrogens (primary N) is 1. The average molecular weight is 390 g/mol. The fourth-order valence-corrected chi connectivity index (χ4v) is 3.98. The summed E-state index contributed by atoms with van der Waals surface area (Å²) in [6.45, 7) is 7.58. The molecule has 3 rings (SSSR count). The Labute approximate surface area is 151 Å². The van der Waals surface area contributed by atoms with Crippen molar-refractivity contribution in [3.8, 4) is 5.69 Å². The zero-order valence-electron chi connectivity index (χ0n) is 14.4. The van der Waals surface area contributed by atoms with Crippen LogP contribution < -0.4 is 5.73 Å². The molecule has 128 valence electrons. The van der Waals surface area contributed by atoms with E-state index in [-0.39, 0.29) is 11.9 Å². The zero-order valence-corrected chi connectivity index (χ0v) is 16.0. The molecule has 0 spiro atoms. The van der Waals surface area contributed by atoms with Crippen LogP contribution in [0.15, 0.2) is 34.8 Å². The van der Waals surface area contributed by atoms with Crippen LogP contribution in [0.2, 0.25) is 0 Å². The minimum atomic E-state index is 0.120. The van der Waals surface area contributed by atoms with Gasteiger partial charge in [0.15, 0.2) is 0 Å². The van der Waals surface area contributed by atoms with Gasteiger partial charge in [-0.3, -0.25) is 4.79 Å². The van der Waals surface area contributed by atoms with Crippen LogP contribution in [0.1, 0.15) is 35.1 Å². The maximum absolute atomic E-state index is 13.1. The SMILES string of the molecule is Cc1cc(C(=O)N2CC(CN)CC2C)c(C)n1-c1ccc(Br)cc1. The van der Waals surface area contributed by atoms with Crippen molar-refractivity contribution in [3.63, 3.8) is 0 Å². The summed E-state index contributed by atoms with van der Waals surface area (Å²) in [6, 6.07) is 10.4. The van der Waals surface area contributed by atoms with E-state index in [1.165, 1.54) is 0 Å². The standard InChI is InChI=1S/C19H24BrN3O/c1-12-8-15(10-21)11-22(12)19(24)18-9-13(2)23(14(18)3)17-6-4-16(20)5-7-17/h4-7,9,12,15H,8,10-11,21H2,1-3H3. The summed E-state index contributed by atoms with van der Waals surface area (Å²) in [5, 5.41) is 0. The number of likely N-dealkylation sites (tertiary alicyclic amines) is 1. The van der Waals surface area contributed by atoms with Crippen molar-refractivity contribution in [2.24, 2.45) is 11.7 Å². The van der Waals surface area contributed by atoms with Gasteiger partial charge in [-0.25, -0.2) is 0 Å². The van der Waals surface area contributed by atoms with Crippen molar-refractivity contribution < 1.29 is 4.79 Å². The molecule has 1 aliphatic heterocycles. The van der Waals surface area contributed by atoms with Crippen LogP contribution in [-0.4, -0.2) is 34.5 Å². The molecule has 0 radical (unpaired) electrons. The number of carbonyl (C=O) groups is 1. The van der Waals surface area contributed by atoms with Crippen LogP contribution in [0.5, 0.6) is 0 Å². The number of carbonyl (C=O) groups excluding carboxylic acids is 1. The quantitative estimate of drug-likeness (QED) is 0.870. The third-order valence-electron chi connectivity index (χ3n) is 5.00. The van der Waals surface area contributed by atoms with Crippen LogP contribution in [-0.2, 0) is 0 Å². The number of rotatable bonds is 3. The molecule has 1 saturated heterocycles. The Morgan fingerprint density at radius 3 is 2.54 bits per heavy atom. The van der Waals surface area contributed by atoms with E-state index in [0.29, 0.717) is 12.5 Å². The van der Waals surface area contributed by atoms with Crippen molar-refractivity contribution >= 4 is 21.8 Å². The average Bonchev–Trinajstić information content (AvgIpc) is 3.08. The molecule has 2 atom stereocenters. The van der Waals surface area contributed by atoms with Crippen LogP contribution in [0.4, 0.5) is 0 Å². The fourth-order valence-electron chi connectivity index (χ4n) is 3.72. The zero-order chi connectivity index (χ0) is 17.4. The lowest BCUT2D eigenvalue weighted by atomic mass is 10.1. The lowest BCUT2D eigenvalue weighted by Crippen LogP contribution is -2.34. The summed E-state index contributed by atoms with van der Waals surface area (Å²) >= 11 is 3.47. The predicted octanol–water partition coefficient (Wildman–Crippen LogP) is 3.67. The molecule has 1 fully saturated rings. The minimum absolute atomic E-state index is 0.120. The molecule has 0 aliphatic carbocycles. The number of hydrogen-bond acceptors (Lipinski definition) is 2. The second-order valence-electron chi connectivity index (χ2n) is 6.74. The molecule has 0 saturated carbocycles. The maximum Gasteiger partial charge on any atom is 0.255 e. The van der Waals surface area contributed by atoms with Gasteiger partial charge in [0.2, 0.25) is 0 Å². The van der Waals surface area contributed by atoms with Crippen molar-refractivity contribution in [3.05, 3.63) is 51.8 Å². The Balaban J connectivity index is 1.94. The molecule has 1 aliphatic rings. The molecule has 2 heterocycles. The molecule has 2 aromatic rings. The van der Waals surface area contributed by atoms with E-state index >= 15 is 0 Å². The topological polar surface area (TPSA) is 51.3 Å². The van der Waals surface area contributed by atoms with E-state index in [1.54, 1.807) is 0 Å². The van der Waals surface area contributed by atoms with Gasteiger partial charge in [-0.05, 0) is 70.0 Å². The molecule has 1 aromatic carbocycles. The molecular formula is C19H24BrN3O. The normalized spacial score (nSPS) is 20.6. The lowest BCUT2D eigenvalue weighted by molar-refractivity contribution is 0.0742.